The van der Waals surface area contributed by atoms with Gasteiger partial charge < -0.3 is 14.2 Å². The molecule has 0 bridgehead atoms. The van der Waals surface area contributed by atoms with Gasteiger partial charge in [0.25, 0.3) is 5.91 Å². The van der Waals surface area contributed by atoms with Gasteiger partial charge in [-0.1, -0.05) is 0 Å². The molecule has 1 aromatic heterocycles. The van der Waals surface area contributed by atoms with Crippen molar-refractivity contribution in [3.63, 3.8) is 0 Å². The lowest BCUT2D eigenvalue weighted by atomic mass is 10.3. The van der Waals surface area contributed by atoms with E-state index in [0.717, 1.165) is 5.69 Å². The van der Waals surface area contributed by atoms with Crippen molar-refractivity contribution in [3.8, 4) is 0 Å². The van der Waals surface area contributed by atoms with Gasteiger partial charge in [0.15, 0.2) is 0 Å². The van der Waals surface area contributed by atoms with Crippen molar-refractivity contribution < 1.29 is 9.53 Å². The monoisotopic (exact) mass is 180 g/mol. The standard InChI is InChI=1S/C9H12N2O2/c1-10-8(13-2)6-11-5-3-4-7(11)9(10)12/h3-5,8H,6H2,1-2H3. The number of methoxy groups -OCH3 is 1. The second kappa shape index (κ2) is 2.88. The number of ether oxygens (including phenoxy) is 1. The van der Waals surface area contributed by atoms with Gasteiger partial charge in [-0.3, -0.25) is 4.79 Å². The maximum Gasteiger partial charge on any atom is 0.272 e. The molecule has 1 amide bonds. The van der Waals surface area contributed by atoms with Gasteiger partial charge >= 0.3 is 0 Å². The molecule has 1 aromatic rings. The van der Waals surface area contributed by atoms with Crippen LogP contribution < -0.4 is 0 Å². The van der Waals surface area contributed by atoms with Crippen LogP contribution in [-0.4, -0.2) is 35.8 Å². The molecule has 0 saturated heterocycles. The highest BCUT2D eigenvalue weighted by molar-refractivity contribution is 5.93. The minimum atomic E-state index is -0.146. The smallest absolute Gasteiger partial charge is 0.272 e. The van der Waals surface area contributed by atoms with Gasteiger partial charge in [-0.25, -0.2) is 0 Å². The maximum atomic E-state index is 11.7. The summed E-state index contributed by atoms with van der Waals surface area (Å²) < 4.78 is 7.10. The van der Waals surface area contributed by atoms with Crippen LogP contribution in [0.3, 0.4) is 0 Å². The summed E-state index contributed by atoms with van der Waals surface area (Å²) in [6, 6.07) is 3.70. The van der Waals surface area contributed by atoms with Gasteiger partial charge in [-0.05, 0) is 12.1 Å². The fraction of sp³-hybridized carbons (Fsp3) is 0.444. The Bertz CT molecular complexity index is 332. The summed E-state index contributed by atoms with van der Waals surface area (Å²) in [7, 11) is 3.37. The maximum absolute atomic E-state index is 11.7. The Kier molecular flexibility index (Phi) is 1.84. The van der Waals surface area contributed by atoms with Crippen molar-refractivity contribution in [3.05, 3.63) is 24.0 Å². The molecule has 0 aliphatic carbocycles. The van der Waals surface area contributed by atoms with Crippen molar-refractivity contribution in [1.29, 1.82) is 0 Å². The Morgan fingerprint density at radius 3 is 3.08 bits per heavy atom. The first-order chi connectivity index (χ1) is 6.24. The number of rotatable bonds is 1. The van der Waals surface area contributed by atoms with Crippen molar-refractivity contribution in [2.24, 2.45) is 0 Å². The number of aromatic nitrogens is 1. The molecule has 2 heterocycles. The number of likely N-dealkylation sites (N-methyl/N-ethyl adjacent to an activating group) is 1. The SMILES string of the molecule is COC1Cn2cccc2C(=O)N1C. The molecular weight excluding hydrogens is 168 g/mol. The van der Waals surface area contributed by atoms with Gasteiger partial charge in [-0.2, -0.15) is 0 Å². The molecule has 0 spiro atoms. The summed E-state index contributed by atoms with van der Waals surface area (Å²) in [5, 5.41) is 0. The topological polar surface area (TPSA) is 34.5 Å². The fourth-order valence-corrected chi connectivity index (χ4v) is 1.60. The van der Waals surface area contributed by atoms with E-state index in [-0.39, 0.29) is 12.1 Å². The number of nitrogens with zero attached hydrogens (tertiary/aromatic N) is 2. The fourth-order valence-electron chi connectivity index (χ4n) is 1.60. The normalized spacial score (nSPS) is 21.8. The predicted octanol–water partition coefficient (Wildman–Crippen LogP) is 0.546. The molecule has 0 saturated carbocycles. The molecule has 0 aromatic carbocycles. The van der Waals surface area contributed by atoms with Crippen LogP contribution in [0.15, 0.2) is 18.3 Å². The number of carbonyl (C=O) groups excluding carboxylic acids is 1. The van der Waals surface area contributed by atoms with Gasteiger partial charge in [0, 0.05) is 20.4 Å². The first-order valence-electron chi connectivity index (χ1n) is 4.19. The van der Waals surface area contributed by atoms with Crippen LogP contribution in [0.1, 0.15) is 10.5 Å². The summed E-state index contributed by atoms with van der Waals surface area (Å²) in [6.45, 7) is 0.709. The van der Waals surface area contributed by atoms with E-state index >= 15 is 0 Å². The Balaban J connectivity index is 2.38. The second-order valence-electron chi connectivity index (χ2n) is 3.15. The van der Waals surface area contributed by atoms with E-state index in [2.05, 4.69) is 0 Å². The van der Waals surface area contributed by atoms with Crippen LogP contribution in [0.4, 0.5) is 0 Å². The summed E-state index contributed by atoms with van der Waals surface area (Å²) in [5.41, 5.74) is 0.732. The highest BCUT2D eigenvalue weighted by Crippen LogP contribution is 2.16. The van der Waals surface area contributed by atoms with E-state index in [9.17, 15) is 4.79 Å². The van der Waals surface area contributed by atoms with E-state index < -0.39 is 0 Å². The van der Waals surface area contributed by atoms with Gasteiger partial charge in [0.1, 0.15) is 11.9 Å². The molecule has 1 aliphatic rings. The van der Waals surface area contributed by atoms with Crippen molar-refractivity contribution >= 4 is 5.91 Å². The predicted molar refractivity (Wildman–Crippen MR) is 47.3 cm³/mol. The number of amides is 1. The third-order valence-electron chi connectivity index (χ3n) is 2.43. The molecule has 2 rings (SSSR count). The molecule has 4 nitrogen and oxygen atoms in total. The zero-order valence-corrected chi connectivity index (χ0v) is 7.73. The lowest BCUT2D eigenvalue weighted by Gasteiger charge is -2.32. The van der Waals surface area contributed by atoms with Crippen LogP contribution in [0.5, 0.6) is 0 Å². The summed E-state index contributed by atoms with van der Waals surface area (Å²) >= 11 is 0. The average Bonchev–Trinajstić information content (AvgIpc) is 2.59. The zero-order chi connectivity index (χ0) is 9.42. The molecule has 1 atom stereocenters. The Labute approximate surface area is 76.7 Å². The van der Waals surface area contributed by atoms with E-state index in [1.54, 1.807) is 19.1 Å². The molecule has 1 aliphatic heterocycles. The lowest BCUT2D eigenvalue weighted by molar-refractivity contribution is -0.0275. The Hall–Kier alpha value is -1.29. The first kappa shape index (κ1) is 8.31. The van der Waals surface area contributed by atoms with Gasteiger partial charge in [0.05, 0.1) is 6.54 Å². The van der Waals surface area contributed by atoms with Crippen LogP contribution in [-0.2, 0) is 11.3 Å². The number of hydrogen-bond acceptors (Lipinski definition) is 2. The highest BCUT2D eigenvalue weighted by atomic mass is 16.5. The first-order valence-corrected chi connectivity index (χ1v) is 4.19. The average molecular weight is 180 g/mol. The van der Waals surface area contributed by atoms with Crippen LogP contribution in [0.25, 0.3) is 0 Å². The highest BCUT2D eigenvalue weighted by Gasteiger charge is 2.28. The molecule has 1 unspecified atom stereocenters. The lowest BCUT2D eigenvalue weighted by Crippen LogP contribution is -2.46. The van der Waals surface area contributed by atoms with Crippen LogP contribution in [0, 0.1) is 0 Å². The molecule has 4 heteroatoms. The second-order valence-corrected chi connectivity index (χ2v) is 3.15. The van der Waals surface area contributed by atoms with Crippen molar-refractivity contribution in [2.75, 3.05) is 14.2 Å². The van der Waals surface area contributed by atoms with E-state index in [1.165, 1.54) is 0 Å². The Morgan fingerprint density at radius 2 is 2.38 bits per heavy atom. The third kappa shape index (κ3) is 1.14. The molecular formula is C9H12N2O2. The molecule has 0 N–H and O–H groups in total. The van der Waals surface area contributed by atoms with E-state index in [0.29, 0.717) is 6.54 Å². The molecule has 13 heavy (non-hydrogen) atoms. The van der Waals surface area contributed by atoms with Crippen molar-refractivity contribution in [1.82, 2.24) is 9.47 Å². The van der Waals surface area contributed by atoms with Crippen LogP contribution >= 0.6 is 0 Å². The summed E-state index contributed by atoms with van der Waals surface area (Å²) in [4.78, 5) is 13.3. The van der Waals surface area contributed by atoms with E-state index in [4.69, 9.17) is 4.74 Å². The van der Waals surface area contributed by atoms with E-state index in [1.807, 2.05) is 22.9 Å². The molecule has 0 fully saturated rings. The number of carbonyl (C=O) groups is 1. The van der Waals surface area contributed by atoms with Crippen molar-refractivity contribution in [2.45, 2.75) is 12.8 Å². The number of fused-ring (bicyclic) bond motifs is 1. The Morgan fingerprint density at radius 1 is 1.62 bits per heavy atom. The summed E-state index contributed by atoms with van der Waals surface area (Å²) in [6.07, 6.45) is 1.75. The largest absolute Gasteiger partial charge is 0.360 e. The minimum Gasteiger partial charge on any atom is -0.360 e. The minimum absolute atomic E-state index is 0.0168. The quantitative estimate of drug-likeness (QED) is 0.632. The summed E-state index contributed by atoms with van der Waals surface area (Å²) in [5.74, 6) is 0.0168. The van der Waals surface area contributed by atoms with Gasteiger partial charge in [-0.15, -0.1) is 0 Å². The molecule has 0 radical (unpaired) electrons. The third-order valence-corrected chi connectivity index (χ3v) is 2.43. The van der Waals surface area contributed by atoms with Crippen LogP contribution in [0.2, 0.25) is 0 Å². The zero-order valence-electron chi connectivity index (χ0n) is 7.73. The number of hydrogen-bond donors (Lipinski definition) is 0. The van der Waals surface area contributed by atoms with Gasteiger partial charge in [0.2, 0.25) is 0 Å². The molecule has 70 valence electrons.